The maximum absolute atomic E-state index is 13.6. The fourth-order valence-electron chi connectivity index (χ4n) is 3.91. The highest BCUT2D eigenvalue weighted by molar-refractivity contribution is 7.89. The largest absolute Gasteiger partial charge is 0.459 e. The number of amides is 2. The lowest BCUT2D eigenvalue weighted by atomic mass is 10.2. The molecule has 2 aromatic carbocycles. The molecule has 0 spiro atoms. The number of halogens is 2. The first-order valence-electron chi connectivity index (χ1n) is 11.9. The van der Waals surface area contributed by atoms with Gasteiger partial charge in [0, 0.05) is 29.7 Å². The Bertz CT molecular complexity index is 1450. The van der Waals surface area contributed by atoms with Crippen LogP contribution in [0.2, 0.25) is 10.0 Å². The standard InChI is InChI=1S/C26H26Cl2N4O5S/c1-18-4-10-23(11-5-18)38(35,36)32(16-19-6-7-20(27)14-24(19)28)17-22-9-8-21(37-22)15-29-30-25(33)26(34)31-12-2-3-13-31/h4-11,14-15H,2-3,12-13,16-17H2,1H3,(H,30,33)/b29-15+. The second-order valence-corrected chi connectivity index (χ2v) is 11.6. The maximum Gasteiger partial charge on any atom is 0.329 e. The summed E-state index contributed by atoms with van der Waals surface area (Å²) in [6.45, 7) is 2.87. The van der Waals surface area contributed by atoms with Crippen LogP contribution in [0, 0.1) is 6.92 Å². The molecule has 3 aromatic rings. The van der Waals surface area contributed by atoms with Crippen LogP contribution < -0.4 is 5.43 Å². The fraction of sp³-hybridized carbons (Fsp3) is 0.269. The summed E-state index contributed by atoms with van der Waals surface area (Å²) in [4.78, 5) is 25.7. The van der Waals surface area contributed by atoms with Crippen molar-refractivity contribution >= 4 is 51.3 Å². The van der Waals surface area contributed by atoms with Crippen LogP contribution in [0.1, 0.15) is 35.5 Å². The Morgan fingerprint density at radius 2 is 1.76 bits per heavy atom. The highest BCUT2D eigenvalue weighted by atomic mass is 35.5. The molecule has 4 rings (SSSR count). The molecule has 1 aliphatic heterocycles. The van der Waals surface area contributed by atoms with Gasteiger partial charge in [-0.05, 0) is 61.7 Å². The van der Waals surface area contributed by atoms with E-state index in [-0.39, 0.29) is 23.7 Å². The summed E-state index contributed by atoms with van der Waals surface area (Å²) in [6, 6.07) is 14.6. The molecule has 0 aliphatic carbocycles. The Balaban J connectivity index is 1.50. The quantitative estimate of drug-likeness (QED) is 0.243. The molecule has 12 heteroatoms. The summed E-state index contributed by atoms with van der Waals surface area (Å²) in [5.74, 6) is -0.847. The van der Waals surface area contributed by atoms with Gasteiger partial charge < -0.3 is 9.32 Å². The Morgan fingerprint density at radius 3 is 2.45 bits per heavy atom. The second kappa shape index (κ2) is 12.1. The van der Waals surface area contributed by atoms with Crippen LogP contribution in [0.3, 0.4) is 0 Å². The van der Waals surface area contributed by atoms with Crippen molar-refractivity contribution < 1.29 is 22.4 Å². The third kappa shape index (κ3) is 6.82. The number of aryl methyl sites for hydroxylation is 1. The lowest BCUT2D eigenvalue weighted by Gasteiger charge is -2.22. The molecule has 1 N–H and O–H groups in total. The number of sulfonamides is 1. The Morgan fingerprint density at radius 1 is 1.05 bits per heavy atom. The molecule has 2 amide bonds. The number of hydrogen-bond donors (Lipinski definition) is 1. The number of carbonyl (C=O) groups excluding carboxylic acids is 2. The number of nitrogens with one attached hydrogen (secondary N) is 1. The van der Waals surface area contributed by atoms with Crippen LogP contribution in [0.4, 0.5) is 0 Å². The van der Waals surface area contributed by atoms with Crippen molar-refractivity contribution in [3.05, 3.63) is 87.3 Å². The van der Waals surface area contributed by atoms with Crippen LogP contribution in [0.15, 0.2) is 69.0 Å². The summed E-state index contributed by atoms with van der Waals surface area (Å²) in [5, 5.41) is 4.57. The minimum absolute atomic E-state index is 0.0228. The number of rotatable bonds is 8. The molecule has 1 fully saturated rings. The van der Waals surface area contributed by atoms with Crippen molar-refractivity contribution in [1.29, 1.82) is 0 Å². The van der Waals surface area contributed by atoms with Gasteiger partial charge in [-0.15, -0.1) is 0 Å². The van der Waals surface area contributed by atoms with E-state index in [1.165, 1.54) is 15.4 Å². The first-order chi connectivity index (χ1) is 18.1. The Hall–Kier alpha value is -3.18. The van der Waals surface area contributed by atoms with Crippen LogP contribution in [0.5, 0.6) is 0 Å². The number of nitrogens with zero attached hydrogens (tertiary/aromatic N) is 3. The predicted molar refractivity (Wildman–Crippen MR) is 144 cm³/mol. The highest BCUT2D eigenvalue weighted by Crippen LogP contribution is 2.27. The molecule has 1 saturated heterocycles. The third-order valence-corrected chi connectivity index (χ3v) is 8.37. The molecule has 200 valence electrons. The maximum atomic E-state index is 13.6. The lowest BCUT2D eigenvalue weighted by Crippen LogP contribution is -2.39. The van der Waals surface area contributed by atoms with Crippen molar-refractivity contribution in [2.45, 2.75) is 37.8 Å². The van der Waals surface area contributed by atoms with E-state index in [4.69, 9.17) is 27.6 Å². The van der Waals surface area contributed by atoms with Gasteiger partial charge in [0.05, 0.1) is 17.7 Å². The molecule has 38 heavy (non-hydrogen) atoms. The number of likely N-dealkylation sites (tertiary alicyclic amines) is 1. The summed E-state index contributed by atoms with van der Waals surface area (Å²) in [5.41, 5.74) is 3.70. The van der Waals surface area contributed by atoms with Crippen LogP contribution >= 0.6 is 23.2 Å². The van der Waals surface area contributed by atoms with E-state index in [0.717, 1.165) is 18.4 Å². The zero-order valence-electron chi connectivity index (χ0n) is 20.6. The number of furan rings is 1. The molecule has 1 aliphatic rings. The Labute approximate surface area is 231 Å². The summed E-state index contributed by atoms with van der Waals surface area (Å²) >= 11 is 12.3. The minimum atomic E-state index is -3.93. The molecule has 9 nitrogen and oxygen atoms in total. The lowest BCUT2D eigenvalue weighted by molar-refractivity contribution is -0.145. The number of hydrazone groups is 1. The van der Waals surface area contributed by atoms with Crippen LogP contribution in [-0.2, 0) is 32.7 Å². The van der Waals surface area contributed by atoms with Gasteiger partial charge >= 0.3 is 11.8 Å². The van der Waals surface area contributed by atoms with Gasteiger partial charge in [0.25, 0.3) is 0 Å². The van der Waals surface area contributed by atoms with Gasteiger partial charge in [-0.1, -0.05) is 47.0 Å². The highest BCUT2D eigenvalue weighted by Gasteiger charge is 2.27. The number of hydrogen-bond acceptors (Lipinski definition) is 6. The summed E-state index contributed by atoms with van der Waals surface area (Å²) in [7, 11) is -3.93. The van der Waals surface area contributed by atoms with E-state index >= 15 is 0 Å². The van der Waals surface area contributed by atoms with E-state index < -0.39 is 21.8 Å². The topological polar surface area (TPSA) is 112 Å². The van der Waals surface area contributed by atoms with Crippen LogP contribution in [-0.4, -0.2) is 48.7 Å². The van der Waals surface area contributed by atoms with Crippen molar-refractivity contribution in [2.75, 3.05) is 13.1 Å². The monoisotopic (exact) mass is 576 g/mol. The van der Waals surface area contributed by atoms with Crippen molar-refractivity contribution in [2.24, 2.45) is 5.10 Å². The first-order valence-corrected chi connectivity index (χ1v) is 14.0. The molecule has 0 bridgehead atoms. The third-order valence-electron chi connectivity index (χ3n) is 5.98. The molecular weight excluding hydrogens is 551 g/mol. The van der Waals surface area contributed by atoms with E-state index in [9.17, 15) is 18.0 Å². The van der Waals surface area contributed by atoms with Gasteiger partial charge in [0.2, 0.25) is 10.0 Å². The van der Waals surface area contributed by atoms with Crippen LogP contribution in [0.25, 0.3) is 0 Å². The number of carbonyl (C=O) groups is 2. The fourth-order valence-corrected chi connectivity index (χ4v) is 5.77. The Kier molecular flexibility index (Phi) is 8.88. The molecule has 2 heterocycles. The van der Waals surface area contributed by atoms with Crippen molar-refractivity contribution in [3.8, 4) is 0 Å². The van der Waals surface area contributed by atoms with Gasteiger partial charge in [-0.3, -0.25) is 9.59 Å². The zero-order valence-corrected chi connectivity index (χ0v) is 22.9. The van der Waals surface area contributed by atoms with Gasteiger partial charge in [-0.2, -0.15) is 9.41 Å². The zero-order chi connectivity index (χ0) is 27.3. The minimum Gasteiger partial charge on any atom is -0.459 e. The molecule has 1 aromatic heterocycles. The van der Waals surface area contributed by atoms with E-state index in [2.05, 4.69) is 10.5 Å². The first kappa shape index (κ1) is 27.8. The average Bonchev–Trinajstić information content (AvgIpc) is 3.57. The van der Waals surface area contributed by atoms with E-state index in [1.54, 1.807) is 54.6 Å². The van der Waals surface area contributed by atoms with Gasteiger partial charge in [-0.25, -0.2) is 13.8 Å². The second-order valence-electron chi connectivity index (χ2n) is 8.82. The normalized spacial score (nSPS) is 13.9. The van der Waals surface area contributed by atoms with Crippen molar-refractivity contribution in [3.63, 3.8) is 0 Å². The summed E-state index contributed by atoms with van der Waals surface area (Å²) < 4.78 is 34.1. The summed E-state index contributed by atoms with van der Waals surface area (Å²) in [6.07, 6.45) is 2.99. The van der Waals surface area contributed by atoms with Gasteiger partial charge in [0.15, 0.2) is 0 Å². The molecule has 0 saturated carbocycles. The average molecular weight is 577 g/mol. The van der Waals surface area contributed by atoms with Gasteiger partial charge in [0.1, 0.15) is 11.5 Å². The number of benzene rings is 2. The van der Waals surface area contributed by atoms with E-state index in [0.29, 0.717) is 34.5 Å². The molecular formula is C26H26Cl2N4O5S. The predicted octanol–water partition coefficient (Wildman–Crippen LogP) is 4.36. The molecule has 0 atom stereocenters. The molecule has 0 unspecified atom stereocenters. The smallest absolute Gasteiger partial charge is 0.329 e. The SMILES string of the molecule is Cc1ccc(S(=O)(=O)N(Cc2ccc(/C=N/NC(=O)C(=O)N3CCCC3)o2)Cc2ccc(Cl)cc2Cl)cc1. The molecule has 0 radical (unpaired) electrons. The van der Waals surface area contributed by atoms with E-state index in [1.807, 2.05) is 6.92 Å². The van der Waals surface area contributed by atoms with Crippen molar-refractivity contribution in [1.82, 2.24) is 14.6 Å².